The zero-order chi connectivity index (χ0) is 20.2. The molecule has 2 bridgehead atoms. The van der Waals surface area contributed by atoms with E-state index in [0.29, 0.717) is 31.0 Å². The fourth-order valence-corrected chi connectivity index (χ4v) is 7.88. The number of nitrogens with one attached hydrogen (secondary N) is 1. The van der Waals surface area contributed by atoms with Crippen molar-refractivity contribution in [2.75, 3.05) is 20.1 Å². The average molecular weight is 423 g/mol. The molecule has 0 aromatic carbocycles. The van der Waals surface area contributed by atoms with Gasteiger partial charge in [-0.3, -0.25) is 4.79 Å². The van der Waals surface area contributed by atoms with Crippen LogP contribution in [-0.2, 0) is 10.0 Å². The molecule has 5 rings (SSSR count). The van der Waals surface area contributed by atoms with Crippen molar-refractivity contribution in [1.29, 1.82) is 0 Å². The van der Waals surface area contributed by atoms with Crippen LogP contribution in [0.2, 0.25) is 0 Å². The highest BCUT2D eigenvalue weighted by Gasteiger charge is 2.49. The van der Waals surface area contributed by atoms with Crippen LogP contribution in [0.3, 0.4) is 0 Å². The molecule has 8 nitrogen and oxygen atoms in total. The van der Waals surface area contributed by atoms with Crippen molar-refractivity contribution in [3.05, 3.63) is 17.5 Å². The van der Waals surface area contributed by atoms with E-state index >= 15 is 0 Å². The fraction of sp³-hybridized carbons (Fsp3) is 0.800. The van der Waals surface area contributed by atoms with Crippen molar-refractivity contribution in [2.24, 2.45) is 0 Å². The fourth-order valence-electron chi connectivity index (χ4n) is 5.42. The molecule has 160 valence electrons. The van der Waals surface area contributed by atoms with Crippen LogP contribution in [0, 0.1) is 0 Å². The quantitative estimate of drug-likeness (QED) is 0.776. The first kappa shape index (κ1) is 19.5. The van der Waals surface area contributed by atoms with Crippen LogP contribution in [0.25, 0.3) is 0 Å². The summed E-state index contributed by atoms with van der Waals surface area (Å²) in [5, 5.41) is 6.70. The predicted molar refractivity (Wildman–Crippen MR) is 107 cm³/mol. The van der Waals surface area contributed by atoms with E-state index in [1.165, 1.54) is 0 Å². The standard InChI is InChI=1S/C20H30N4O4S/c1-23-8-2-3-17(12-23)29(26,27)24-15-6-7-16(24)10-14(9-15)21-20(25)18-11-19(28-22-18)13-4-5-13/h11,13-17H,2-10,12H2,1H3,(H,21,25)/t14-,15+,16-,17-/m1/s1. The van der Waals surface area contributed by atoms with E-state index < -0.39 is 10.0 Å². The maximum absolute atomic E-state index is 13.4. The summed E-state index contributed by atoms with van der Waals surface area (Å²) < 4.78 is 33.8. The number of rotatable bonds is 5. The second kappa shape index (κ2) is 7.35. The summed E-state index contributed by atoms with van der Waals surface area (Å²) in [6.07, 6.45) is 7.01. The molecule has 3 aliphatic heterocycles. The Morgan fingerprint density at radius 3 is 2.55 bits per heavy atom. The Balaban J connectivity index is 1.24. The van der Waals surface area contributed by atoms with Crippen molar-refractivity contribution >= 4 is 15.9 Å². The largest absolute Gasteiger partial charge is 0.360 e. The van der Waals surface area contributed by atoms with E-state index in [-0.39, 0.29) is 29.3 Å². The van der Waals surface area contributed by atoms with Gasteiger partial charge in [0.25, 0.3) is 5.91 Å². The number of hydrogen-bond acceptors (Lipinski definition) is 6. The van der Waals surface area contributed by atoms with Gasteiger partial charge in [0.05, 0.1) is 5.25 Å². The Morgan fingerprint density at radius 1 is 1.17 bits per heavy atom. The lowest BCUT2D eigenvalue weighted by molar-refractivity contribution is 0.0899. The van der Waals surface area contributed by atoms with Crippen molar-refractivity contribution < 1.29 is 17.7 Å². The van der Waals surface area contributed by atoms with Crippen LogP contribution >= 0.6 is 0 Å². The Kier molecular flexibility index (Phi) is 4.95. The van der Waals surface area contributed by atoms with Gasteiger partial charge in [0, 0.05) is 36.7 Å². The molecule has 1 saturated carbocycles. The minimum atomic E-state index is -3.31. The van der Waals surface area contributed by atoms with Crippen molar-refractivity contribution in [1.82, 2.24) is 19.7 Å². The Morgan fingerprint density at radius 2 is 1.90 bits per heavy atom. The van der Waals surface area contributed by atoms with Crippen LogP contribution in [0.1, 0.15) is 73.5 Å². The summed E-state index contributed by atoms with van der Waals surface area (Å²) in [6.45, 7) is 1.59. The molecule has 4 aliphatic rings. The van der Waals surface area contributed by atoms with E-state index in [4.69, 9.17) is 4.52 Å². The Bertz CT molecular complexity index is 867. The van der Waals surface area contributed by atoms with Crippen molar-refractivity contribution in [3.8, 4) is 0 Å². The lowest BCUT2D eigenvalue weighted by atomic mass is 9.99. The zero-order valence-corrected chi connectivity index (χ0v) is 17.7. The number of nitrogens with zero attached hydrogens (tertiary/aromatic N) is 3. The molecule has 0 unspecified atom stereocenters. The predicted octanol–water partition coefficient (Wildman–Crippen LogP) is 1.70. The number of sulfonamides is 1. The highest BCUT2D eigenvalue weighted by Crippen LogP contribution is 2.41. The summed E-state index contributed by atoms with van der Waals surface area (Å²) in [6, 6.07) is 1.73. The van der Waals surface area contributed by atoms with E-state index in [9.17, 15) is 13.2 Å². The van der Waals surface area contributed by atoms with Gasteiger partial charge < -0.3 is 14.7 Å². The van der Waals surface area contributed by atoms with E-state index in [1.54, 1.807) is 10.4 Å². The molecule has 4 fully saturated rings. The highest BCUT2D eigenvalue weighted by molar-refractivity contribution is 7.89. The minimum absolute atomic E-state index is 0.00406. The topological polar surface area (TPSA) is 95.8 Å². The number of likely N-dealkylation sites (tertiary alicyclic amines) is 1. The normalized spacial score (nSPS) is 33.7. The van der Waals surface area contributed by atoms with Crippen molar-refractivity contribution in [3.63, 3.8) is 0 Å². The maximum atomic E-state index is 13.4. The van der Waals surface area contributed by atoms with E-state index in [1.807, 2.05) is 7.05 Å². The van der Waals surface area contributed by atoms with Crippen molar-refractivity contribution in [2.45, 2.75) is 80.7 Å². The van der Waals surface area contributed by atoms with Crippen LogP contribution in [0.5, 0.6) is 0 Å². The van der Waals surface area contributed by atoms with Crippen LogP contribution in [0.15, 0.2) is 10.6 Å². The van der Waals surface area contributed by atoms with Gasteiger partial charge in [-0.15, -0.1) is 0 Å². The SMILES string of the molecule is CN1CCC[C@@H](S(=O)(=O)N2[C@@H]3CC[C@H]2C[C@@H](NC(=O)c2cc(C4CC4)on2)C3)C1. The van der Waals surface area contributed by atoms with Gasteiger partial charge in [-0.25, -0.2) is 8.42 Å². The Labute approximate surface area is 172 Å². The van der Waals surface area contributed by atoms with Crippen LogP contribution in [0.4, 0.5) is 0 Å². The summed E-state index contributed by atoms with van der Waals surface area (Å²) in [7, 11) is -1.31. The number of amides is 1. The van der Waals surface area contributed by atoms with Gasteiger partial charge in [-0.05, 0) is 65.0 Å². The average Bonchev–Trinajstić information content (AvgIpc) is 3.34. The second-order valence-corrected chi connectivity index (χ2v) is 11.4. The molecule has 0 spiro atoms. The molecular weight excluding hydrogens is 392 g/mol. The molecule has 9 heteroatoms. The third-order valence-electron chi connectivity index (χ3n) is 7.04. The summed E-state index contributed by atoms with van der Waals surface area (Å²) in [5.74, 6) is 1.01. The number of carbonyl (C=O) groups is 1. The second-order valence-electron chi connectivity index (χ2n) is 9.32. The summed E-state index contributed by atoms with van der Waals surface area (Å²) in [4.78, 5) is 14.7. The number of fused-ring (bicyclic) bond motifs is 2. The molecule has 1 N–H and O–H groups in total. The van der Waals surface area contributed by atoms with Gasteiger partial charge in [-0.2, -0.15) is 4.31 Å². The van der Waals surface area contributed by atoms with E-state index in [2.05, 4.69) is 15.4 Å². The first-order valence-electron chi connectivity index (χ1n) is 10.9. The number of piperidine rings is 2. The van der Waals surface area contributed by atoms with Gasteiger partial charge in [0.15, 0.2) is 5.69 Å². The smallest absolute Gasteiger partial charge is 0.273 e. The van der Waals surface area contributed by atoms with Crippen LogP contribution in [-0.4, -0.2) is 72.2 Å². The van der Waals surface area contributed by atoms with Crippen LogP contribution < -0.4 is 5.32 Å². The maximum Gasteiger partial charge on any atom is 0.273 e. The molecule has 1 aliphatic carbocycles. The molecule has 1 aromatic heterocycles. The third kappa shape index (κ3) is 3.72. The lowest BCUT2D eigenvalue weighted by Gasteiger charge is -2.41. The Hall–Kier alpha value is -1.45. The van der Waals surface area contributed by atoms with Gasteiger partial charge >= 0.3 is 0 Å². The zero-order valence-electron chi connectivity index (χ0n) is 16.9. The molecular formula is C20H30N4O4S. The molecule has 3 saturated heterocycles. The summed E-state index contributed by atoms with van der Waals surface area (Å²) in [5.41, 5.74) is 0.333. The van der Waals surface area contributed by atoms with Gasteiger partial charge in [0.2, 0.25) is 10.0 Å². The first-order valence-corrected chi connectivity index (χ1v) is 12.4. The summed E-state index contributed by atoms with van der Waals surface area (Å²) >= 11 is 0. The molecule has 1 amide bonds. The van der Waals surface area contributed by atoms with E-state index in [0.717, 1.165) is 50.8 Å². The molecule has 1 aromatic rings. The number of hydrogen-bond donors (Lipinski definition) is 1. The first-order chi connectivity index (χ1) is 13.9. The number of aromatic nitrogens is 1. The van der Waals surface area contributed by atoms with Gasteiger partial charge in [0.1, 0.15) is 5.76 Å². The lowest BCUT2D eigenvalue weighted by Crippen LogP contribution is -2.56. The molecule has 4 heterocycles. The minimum Gasteiger partial charge on any atom is -0.360 e. The monoisotopic (exact) mass is 422 g/mol. The molecule has 0 radical (unpaired) electrons. The third-order valence-corrected chi connectivity index (χ3v) is 9.45. The molecule has 29 heavy (non-hydrogen) atoms. The highest BCUT2D eigenvalue weighted by atomic mass is 32.2. The van der Waals surface area contributed by atoms with Gasteiger partial charge in [-0.1, -0.05) is 5.16 Å². The number of carbonyl (C=O) groups excluding carboxylic acids is 1. The molecule has 4 atom stereocenters.